The van der Waals surface area contributed by atoms with Crippen molar-refractivity contribution < 1.29 is 13.5 Å². The molecule has 1 aromatic heterocycles. The second kappa shape index (κ2) is 7.90. The Balaban J connectivity index is 1.87. The van der Waals surface area contributed by atoms with Crippen LogP contribution in [0.3, 0.4) is 0 Å². The van der Waals surface area contributed by atoms with E-state index in [1.807, 2.05) is 0 Å². The van der Waals surface area contributed by atoms with Gasteiger partial charge in [0.1, 0.15) is 0 Å². The minimum absolute atomic E-state index is 0.0382. The van der Waals surface area contributed by atoms with Gasteiger partial charge in [0, 0.05) is 17.6 Å². The lowest BCUT2D eigenvalue weighted by atomic mass is 9.82. The summed E-state index contributed by atoms with van der Waals surface area (Å²) < 4.78 is 25.0. The number of nitrogens with two attached hydrogens (primary N) is 1. The number of aromatic amines is 1. The predicted molar refractivity (Wildman–Crippen MR) is 96.7 cm³/mol. The van der Waals surface area contributed by atoms with Crippen LogP contribution in [0.15, 0.2) is 21.3 Å². The molecule has 0 bridgehead atoms. The summed E-state index contributed by atoms with van der Waals surface area (Å²) in [5.41, 5.74) is 6.87. The van der Waals surface area contributed by atoms with Gasteiger partial charge in [-0.1, -0.05) is 0 Å². The molecule has 1 aromatic carbocycles. The van der Waals surface area contributed by atoms with Gasteiger partial charge in [0.25, 0.3) is 0 Å². The van der Waals surface area contributed by atoms with Crippen molar-refractivity contribution >= 4 is 5.69 Å². The Kier molecular flexibility index (Phi) is 5.61. The van der Waals surface area contributed by atoms with Crippen molar-refractivity contribution in [3.05, 3.63) is 28.5 Å². The maximum atomic E-state index is 14.6. The highest BCUT2D eigenvalue weighted by Crippen LogP contribution is 2.35. The largest absolute Gasteiger partial charge is 0.489 e. The standard InChI is InChI=1S/C18H25FN4O3/c1-3-25-16-14(19)8-12(17-22-23-18(24)26-17)9-15(16)21-10(2)11-4-6-13(20)7-5-11/h8-11,13,21H,3-7,20H2,1-2H3,(H,23,24)/t10-,11?,13?/m0/s1. The fourth-order valence-corrected chi connectivity index (χ4v) is 3.48. The number of nitrogens with one attached hydrogen (secondary N) is 2. The Morgan fingerprint density at radius 2 is 2.15 bits per heavy atom. The number of H-pyrrole nitrogens is 1. The molecule has 1 heterocycles. The predicted octanol–water partition coefficient (Wildman–Crippen LogP) is 2.89. The molecule has 2 aromatic rings. The van der Waals surface area contributed by atoms with Gasteiger partial charge >= 0.3 is 5.76 Å². The molecule has 1 atom stereocenters. The quantitative estimate of drug-likeness (QED) is 0.728. The highest BCUT2D eigenvalue weighted by Gasteiger charge is 2.25. The van der Waals surface area contributed by atoms with Crippen molar-refractivity contribution in [2.45, 2.75) is 51.6 Å². The fourth-order valence-electron chi connectivity index (χ4n) is 3.48. The number of hydrogen-bond acceptors (Lipinski definition) is 6. The molecule has 0 radical (unpaired) electrons. The van der Waals surface area contributed by atoms with E-state index in [1.165, 1.54) is 6.07 Å². The van der Waals surface area contributed by atoms with Gasteiger partial charge < -0.3 is 20.2 Å². The van der Waals surface area contributed by atoms with E-state index in [-0.39, 0.29) is 23.7 Å². The van der Waals surface area contributed by atoms with E-state index in [1.54, 1.807) is 13.0 Å². The van der Waals surface area contributed by atoms with E-state index < -0.39 is 11.6 Å². The normalized spacial score (nSPS) is 21.4. The van der Waals surface area contributed by atoms with E-state index in [2.05, 4.69) is 22.4 Å². The van der Waals surface area contributed by atoms with E-state index in [9.17, 15) is 9.18 Å². The highest BCUT2D eigenvalue weighted by atomic mass is 19.1. The molecule has 3 rings (SSSR count). The van der Waals surface area contributed by atoms with Crippen LogP contribution in [-0.2, 0) is 0 Å². The number of nitrogens with zero attached hydrogens (tertiary/aromatic N) is 1. The third-order valence-corrected chi connectivity index (χ3v) is 4.92. The average molecular weight is 364 g/mol. The van der Waals surface area contributed by atoms with E-state index in [4.69, 9.17) is 14.9 Å². The number of ether oxygens (including phenoxy) is 1. The molecule has 7 nitrogen and oxygen atoms in total. The molecule has 0 amide bonds. The Labute approximate surface area is 151 Å². The Morgan fingerprint density at radius 3 is 2.77 bits per heavy atom. The topological polar surface area (TPSA) is 106 Å². The van der Waals surface area contributed by atoms with E-state index in [0.717, 1.165) is 25.7 Å². The van der Waals surface area contributed by atoms with Crippen molar-refractivity contribution in [2.75, 3.05) is 11.9 Å². The molecule has 8 heteroatoms. The van der Waals surface area contributed by atoms with Crippen molar-refractivity contribution in [3.63, 3.8) is 0 Å². The van der Waals surface area contributed by atoms with E-state index in [0.29, 0.717) is 23.8 Å². The lowest BCUT2D eigenvalue weighted by Gasteiger charge is -2.32. The zero-order valence-electron chi connectivity index (χ0n) is 15.0. The average Bonchev–Trinajstić information content (AvgIpc) is 3.04. The number of aromatic nitrogens is 2. The summed E-state index contributed by atoms with van der Waals surface area (Å²) >= 11 is 0. The molecular formula is C18H25FN4O3. The van der Waals surface area contributed by atoms with Gasteiger partial charge in [-0.2, -0.15) is 0 Å². The molecule has 4 N–H and O–H groups in total. The minimum Gasteiger partial charge on any atom is -0.489 e. The van der Waals surface area contributed by atoms with Gasteiger partial charge in [0.2, 0.25) is 5.89 Å². The summed E-state index contributed by atoms with van der Waals surface area (Å²) in [5.74, 6) is -0.560. The molecule has 0 aliphatic heterocycles. The Bertz CT molecular complexity index is 796. The molecular weight excluding hydrogens is 339 g/mol. The van der Waals surface area contributed by atoms with Gasteiger partial charge in [0.05, 0.1) is 12.3 Å². The second-order valence-corrected chi connectivity index (χ2v) is 6.79. The number of benzene rings is 1. The van der Waals surface area contributed by atoms with Crippen LogP contribution in [0.5, 0.6) is 5.75 Å². The van der Waals surface area contributed by atoms with Gasteiger partial charge in [-0.05, 0) is 57.6 Å². The molecule has 0 spiro atoms. The smallest absolute Gasteiger partial charge is 0.434 e. The fraction of sp³-hybridized carbons (Fsp3) is 0.556. The summed E-state index contributed by atoms with van der Waals surface area (Å²) in [6.45, 7) is 4.22. The van der Waals surface area contributed by atoms with Crippen LogP contribution in [0, 0.1) is 11.7 Å². The van der Waals surface area contributed by atoms with Crippen LogP contribution in [0.4, 0.5) is 10.1 Å². The van der Waals surface area contributed by atoms with Gasteiger partial charge in [-0.25, -0.2) is 14.3 Å². The zero-order chi connectivity index (χ0) is 18.7. The minimum atomic E-state index is -0.685. The zero-order valence-corrected chi connectivity index (χ0v) is 15.0. The van der Waals surface area contributed by atoms with Crippen LogP contribution >= 0.6 is 0 Å². The van der Waals surface area contributed by atoms with Crippen LogP contribution in [-0.4, -0.2) is 28.9 Å². The van der Waals surface area contributed by atoms with Gasteiger partial charge in [-0.15, -0.1) is 5.10 Å². The summed E-state index contributed by atoms with van der Waals surface area (Å²) in [6.07, 6.45) is 4.08. The first-order valence-corrected chi connectivity index (χ1v) is 9.02. The number of hydrogen-bond donors (Lipinski definition) is 3. The van der Waals surface area contributed by atoms with Crippen molar-refractivity contribution in [3.8, 4) is 17.2 Å². The summed E-state index contributed by atoms with van der Waals surface area (Å²) in [5, 5.41) is 9.33. The van der Waals surface area contributed by atoms with E-state index >= 15 is 0 Å². The molecule has 0 saturated heterocycles. The molecule has 1 fully saturated rings. The molecule has 1 saturated carbocycles. The van der Waals surface area contributed by atoms with Crippen LogP contribution in [0.2, 0.25) is 0 Å². The van der Waals surface area contributed by atoms with Crippen molar-refractivity contribution in [1.29, 1.82) is 0 Å². The Hall–Kier alpha value is -2.35. The maximum Gasteiger partial charge on any atom is 0.434 e. The third-order valence-electron chi connectivity index (χ3n) is 4.92. The molecule has 142 valence electrons. The van der Waals surface area contributed by atoms with Crippen LogP contribution in [0.1, 0.15) is 39.5 Å². The van der Waals surface area contributed by atoms with Crippen LogP contribution in [0.25, 0.3) is 11.5 Å². The summed E-state index contributed by atoms with van der Waals surface area (Å²) in [6, 6.07) is 3.35. The lowest BCUT2D eigenvalue weighted by Crippen LogP contribution is -2.34. The SMILES string of the molecule is CCOc1c(F)cc(-c2n[nH]c(=O)o2)cc1N[C@@H](C)C1CCC(N)CC1. The molecule has 0 unspecified atom stereocenters. The van der Waals surface area contributed by atoms with Crippen molar-refractivity contribution in [1.82, 2.24) is 10.2 Å². The summed E-state index contributed by atoms with van der Waals surface area (Å²) in [4.78, 5) is 11.2. The van der Waals surface area contributed by atoms with Gasteiger partial charge in [0.15, 0.2) is 11.6 Å². The highest BCUT2D eigenvalue weighted by molar-refractivity contribution is 5.68. The summed E-state index contributed by atoms with van der Waals surface area (Å²) in [7, 11) is 0. The molecule has 1 aliphatic rings. The lowest BCUT2D eigenvalue weighted by molar-refractivity contribution is 0.299. The molecule has 26 heavy (non-hydrogen) atoms. The van der Waals surface area contributed by atoms with Gasteiger partial charge in [-0.3, -0.25) is 0 Å². The number of rotatable bonds is 6. The van der Waals surface area contributed by atoms with Crippen LogP contribution < -0.4 is 21.5 Å². The monoisotopic (exact) mass is 364 g/mol. The molecule has 1 aliphatic carbocycles. The van der Waals surface area contributed by atoms with Crippen molar-refractivity contribution in [2.24, 2.45) is 11.7 Å². The second-order valence-electron chi connectivity index (χ2n) is 6.79. The first-order chi connectivity index (χ1) is 12.5. The third kappa shape index (κ3) is 4.07. The maximum absolute atomic E-state index is 14.6. The number of anilines is 1. The first kappa shape index (κ1) is 18.4. The first-order valence-electron chi connectivity index (χ1n) is 9.02. The number of halogens is 1. The Morgan fingerprint density at radius 1 is 1.42 bits per heavy atom.